The molecule has 2 N–H and O–H groups in total. The van der Waals surface area contributed by atoms with Crippen LogP contribution in [0.2, 0.25) is 0 Å². The second-order valence-electron chi connectivity index (χ2n) is 9.88. The molecule has 5 rings (SSSR count). The quantitative estimate of drug-likeness (QED) is 0.228. The van der Waals surface area contributed by atoms with Crippen molar-refractivity contribution in [3.8, 4) is 0 Å². The fourth-order valence-corrected chi connectivity index (χ4v) is 7.98. The number of aliphatic hydroxyl groups excluding tert-OH is 2. The van der Waals surface area contributed by atoms with E-state index in [1.165, 1.54) is 18.3 Å². The van der Waals surface area contributed by atoms with E-state index in [1.807, 2.05) is 6.07 Å². The van der Waals surface area contributed by atoms with Crippen LogP contribution in [0.1, 0.15) is 11.8 Å². The van der Waals surface area contributed by atoms with Crippen LogP contribution in [0.15, 0.2) is 59.5 Å². The number of anilines is 1. The third-order valence-electron chi connectivity index (χ3n) is 6.76. The first-order valence-electron chi connectivity index (χ1n) is 13.3. The van der Waals surface area contributed by atoms with Gasteiger partial charge in [0.05, 0.1) is 26.4 Å². The fourth-order valence-electron chi connectivity index (χ4n) is 4.62. The van der Waals surface area contributed by atoms with Gasteiger partial charge < -0.3 is 48.3 Å². The number of phosphoric ester groups is 2. The number of aliphatic hydroxyl groups is 2. The lowest BCUT2D eigenvalue weighted by molar-refractivity contribution is -0.252. The highest BCUT2D eigenvalue weighted by Gasteiger charge is 2.45. The van der Waals surface area contributed by atoms with Crippen molar-refractivity contribution in [2.75, 3.05) is 37.8 Å². The van der Waals surface area contributed by atoms with Gasteiger partial charge in [-0.15, -0.1) is 0 Å². The minimum absolute atomic E-state index is 0.342. The summed E-state index contributed by atoms with van der Waals surface area (Å²) in [6, 6.07) is 13.4. The van der Waals surface area contributed by atoms with Crippen molar-refractivity contribution in [1.29, 1.82) is 0 Å². The molecule has 3 heterocycles. The number of rotatable bonds is 12. The number of hydrogen-bond donors (Lipinski definition) is 2. The van der Waals surface area contributed by atoms with Crippen LogP contribution in [-0.2, 0) is 47.4 Å². The highest BCUT2D eigenvalue weighted by Crippen LogP contribution is 2.63. The molecular weight excluding hydrogens is 663 g/mol. The van der Waals surface area contributed by atoms with Crippen LogP contribution in [0.5, 0.6) is 0 Å². The first kappa shape index (κ1) is 34.0. The van der Waals surface area contributed by atoms with Gasteiger partial charge in [0.2, 0.25) is 0 Å². The number of phosphoric acid groups is 3. The summed E-state index contributed by atoms with van der Waals surface area (Å²) < 4.78 is 64.6. The number of morpholine rings is 1. The Morgan fingerprint density at radius 2 is 1.56 bits per heavy atom. The molecule has 0 amide bonds. The van der Waals surface area contributed by atoms with Crippen LogP contribution >= 0.6 is 23.5 Å². The van der Waals surface area contributed by atoms with Crippen LogP contribution in [0.3, 0.4) is 0 Å². The van der Waals surface area contributed by atoms with E-state index in [9.17, 15) is 43.4 Å². The van der Waals surface area contributed by atoms with Gasteiger partial charge in [-0.1, -0.05) is 36.4 Å². The molecule has 0 bridgehead atoms. The third kappa shape index (κ3) is 8.71. The Balaban J connectivity index is 1.15. The lowest BCUT2D eigenvalue weighted by Crippen LogP contribution is -2.40. The van der Waals surface area contributed by atoms with Gasteiger partial charge in [-0.2, -0.15) is 4.98 Å². The summed E-state index contributed by atoms with van der Waals surface area (Å²) >= 11 is 0. The monoisotopic (exact) mass is 690 g/mol. The molecule has 21 heteroatoms. The molecule has 3 aromatic rings. The standard InChI is InChI=1S/C24H30N3O15P3/c28-21-19(40-23(22(21)29)27-8-7-20(25-24(27)30)26-9-11-37-12-10-26)15-39-44(33,34)42-45(35,36)41-43(31,32)38-14-16-5-6-17-3-1-2-4-18(17)13-16/h1-8,13,19,21-23,28-29H,9-12,14-15H2,(H,31,32)(H,33,34)(H,35,36)/p-3/t19-,21?,22+,23-/m1/s1. The van der Waals surface area contributed by atoms with E-state index >= 15 is 0 Å². The normalized spacial score (nSPS) is 26.3. The van der Waals surface area contributed by atoms with Gasteiger partial charge in [0.15, 0.2) is 6.23 Å². The van der Waals surface area contributed by atoms with Crippen LogP contribution in [0, 0.1) is 0 Å². The van der Waals surface area contributed by atoms with Crippen molar-refractivity contribution in [2.45, 2.75) is 31.1 Å². The smallest absolute Gasteiger partial charge is 0.351 e. The second-order valence-corrected chi connectivity index (χ2v) is 14.4. The molecule has 18 nitrogen and oxygen atoms in total. The Kier molecular flexibility index (Phi) is 10.4. The van der Waals surface area contributed by atoms with Gasteiger partial charge in [-0.05, 0) is 28.5 Å². The summed E-state index contributed by atoms with van der Waals surface area (Å²) in [6.07, 6.45) is -5.41. The molecule has 4 unspecified atom stereocenters. The average Bonchev–Trinajstić information content (AvgIpc) is 3.27. The Bertz CT molecular complexity index is 1720. The Labute approximate surface area is 255 Å². The van der Waals surface area contributed by atoms with Gasteiger partial charge >= 0.3 is 5.69 Å². The summed E-state index contributed by atoms with van der Waals surface area (Å²) in [4.78, 5) is 54.8. The zero-order valence-corrected chi connectivity index (χ0v) is 25.8. The van der Waals surface area contributed by atoms with E-state index in [2.05, 4.69) is 22.7 Å². The van der Waals surface area contributed by atoms with Crippen LogP contribution in [0.4, 0.5) is 5.82 Å². The maximum absolute atomic E-state index is 12.6. The van der Waals surface area contributed by atoms with E-state index in [0.717, 1.165) is 15.3 Å². The van der Waals surface area contributed by atoms with Gasteiger partial charge in [-0.25, -0.2) is 13.4 Å². The first-order valence-corrected chi connectivity index (χ1v) is 17.7. The first-order chi connectivity index (χ1) is 21.2. The average molecular weight is 690 g/mol. The van der Waals surface area contributed by atoms with Crippen LogP contribution in [-0.4, -0.2) is 71.0 Å². The highest BCUT2D eigenvalue weighted by molar-refractivity contribution is 7.65. The molecule has 0 aliphatic carbocycles. The summed E-state index contributed by atoms with van der Waals surface area (Å²) in [5.41, 5.74) is -0.501. The van der Waals surface area contributed by atoms with Crippen molar-refractivity contribution < 1.29 is 65.7 Å². The largest absolute Gasteiger partial charge is 0.756 e. The number of hydrogen-bond acceptors (Lipinski definition) is 17. The van der Waals surface area contributed by atoms with E-state index in [-0.39, 0.29) is 0 Å². The molecule has 246 valence electrons. The number of aromatic nitrogens is 2. The van der Waals surface area contributed by atoms with E-state index in [1.54, 1.807) is 35.2 Å². The van der Waals surface area contributed by atoms with Gasteiger partial charge in [0.25, 0.3) is 23.5 Å². The zero-order valence-electron chi connectivity index (χ0n) is 23.1. The fraction of sp³-hybridized carbons (Fsp3) is 0.417. The van der Waals surface area contributed by atoms with E-state index in [0.29, 0.717) is 37.7 Å². The molecule has 2 saturated heterocycles. The topological polar surface area (TPSA) is 254 Å². The molecule has 7 atom stereocenters. The van der Waals surface area contributed by atoms with Crippen molar-refractivity contribution in [3.63, 3.8) is 0 Å². The molecule has 2 aliphatic rings. The summed E-state index contributed by atoms with van der Waals surface area (Å²) in [5.74, 6) is 0.350. The SMILES string of the molecule is O=c1nc(N2CCOCC2)ccn1[C@@H]1O[C@H](COP(=O)([O-])OP(=O)([O-])OP(=O)([O-])OCc2ccc3ccccc3c2)C(O)[C@@H]1O. The lowest BCUT2D eigenvalue weighted by Gasteiger charge is -2.34. The predicted octanol–water partition coefficient (Wildman–Crippen LogP) is -0.476. The minimum Gasteiger partial charge on any atom is -0.756 e. The summed E-state index contributed by atoms with van der Waals surface area (Å²) in [6.45, 7) is 0.158. The Morgan fingerprint density at radius 1 is 0.889 bits per heavy atom. The van der Waals surface area contributed by atoms with Crippen molar-refractivity contribution in [3.05, 3.63) is 70.8 Å². The highest BCUT2D eigenvalue weighted by atomic mass is 31.3. The predicted molar refractivity (Wildman–Crippen MR) is 147 cm³/mol. The summed E-state index contributed by atoms with van der Waals surface area (Å²) in [5, 5.41) is 22.4. The molecule has 2 aliphatic heterocycles. The second kappa shape index (κ2) is 13.8. The molecule has 45 heavy (non-hydrogen) atoms. The van der Waals surface area contributed by atoms with Gasteiger partial charge in [-0.3, -0.25) is 18.3 Å². The maximum atomic E-state index is 12.6. The zero-order chi connectivity index (χ0) is 32.4. The molecule has 2 aromatic carbocycles. The molecular formula is C24H27N3O15P3-3. The summed E-state index contributed by atoms with van der Waals surface area (Å²) in [7, 11) is -17.7. The third-order valence-corrected chi connectivity index (χ3v) is 10.9. The van der Waals surface area contributed by atoms with E-state index in [4.69, 9.17) is 9.47 Å². The molecule has 0 radical (unpaired) electrons. The van der Waals surface area contributed by atoms with Crippen molar-refractivity contribution in [1.82, 2.24) is 9.55 Å². The molecule has 0 spiro atoms. The number of benzene rings is 2. The lowest BCUT2D eigenvalue weighted by atomic mass is 10.1. The number of nitrogens with zero attached hydrogens (tertiary/aromatic N) is 3. The molecule has 0 saturated carbocycles. The van der Waals surface area contributed by atoms with Crippen LogP contribution < -0.4 is 25.3 Å². The van der Waals surface area contributed by atoms with Gasteiger partial charge in [0.1, 0.15) is 24.1 Å². The maximum Gasteiger partial charge on any atom is 0.351 e. The van der Waals surface area contributed by atoms with E-state index < -0.39 is 66.9 Å². The van der Waals surface area contributed by atoms with Crippen LogP contribution in [0.25, 0.3) is 10.8 Å². The number of fused-ring (bicyclic) bond motifs is 1. The Hall–Kier alpha value is -2.37. The van der Waals surface area contributed by atoms with Gasteiger partial charge in [0, 0.05) is 19.3 Å². The molecule has 1 aromatic heterocycles. The minimum atomic E-state index is -6.14. The van der Waals surface area contributed by atoms with Crippen molar-refractivity contribution >= 4 is 40.1 Å². The Morgan fingerprint density at radius 3 is 2.24 bits per heavy atom. The number of ether oxygens (including phenoxy) is 2. The molecule has 2 fully saturated rings. The van der Waals surface area contributed by atoms with Crippen molar-refractivity contribution in [2.24, 2.45) is 0 Å².